The molecular weight excluding hydrogens is 473 g/mol. The monoisotopic (exact) mass is 505 g/mol. The molecule has 1 aliphatic carbocycles. The van der Waals surface area contributed by atoms with Gasteiger partial charge in [0.25, 0.3) is 0 Å². The van der Waals surface area contributed by atoms with Crippen molar-refractivity contribution in [2.45, 2.75) is 64.1 Å². The normalized spacial score (nSPS) is 20.1. The Hall–Kier alpha value is -3.26. The Morgan fingerprint density at radius 1 is 1.17 bits per heavy atom. The number of pyridine rings is 1. The number of para-hydroxylation sites is 1. The Labute approximate surface area is 216 Å². The number of carbonyl (C=O) groups excluding carboxylic acids is 1. The number of benzene rings is 1. The van der Waals surface area contributed by atoms with Crippen LogP contribution < -0.4 is 10.6 Å². The molecule has 6 nitrogen and oxygen atoms in total. The van der Waals surface area contributed by atoms with Crippen LogP contribution in [0.2, 0.25) is 0 Å². The third kappa shape index (κ3) is 4.74. The van der Waals surface area contributed by atoms with Crippen LogP contribution in [0.4, 0.5) is 10.1 Å². The Balaban J connectivity index is 1.43. The molecule has 2 aromatic heterocycles. The number of anilines is 1. The number of thiocarbonyl (C=S) groups is 1. The second kappa shape index (κ2) is 10.4. The third-order valence-corrected chi connectivity index (χ3v) is 7.81. The summed E-state index contributed by atoms with van der Waals surface area (Å²) in [5.74, 6) is -0.698. The van der Waals surface area contributed by atoms with Crippen molar-refractivity contribution in [3.63, 3.8) is 0 Å². The van der Waals surface area contributed by atoms with Crippen LogP contribution >= 0.6 is 12.2 Å². The molecule has 0 radical (unpaired) electrons. The topological polar surface area (TPSA) is 62.2 Å². The highest BCUT2D eigenvalue weighted by Crippen LogP contribution is 2.43. The predicted molar refractivity (Wildman–Crippen MR) is 143 cm³/mol. The van der Waals surface area contributed by atoms with Crippen molar-refractivity contribution in [1.82, 2.24) is 19.8 Å². The lowest BCUT2D eigenvalue weighted by Crippen LogP contribution is -2.33. The molecule has 36 heavy (non-hydrogen) atoms. The van der Waals surface area contributed by atoms with Gasteiger partial charge in [-0.2, -0.15) is 0 Å². The van der Waals surface area contributed by atoms with Crippen molar-refractivity contribution >= 4 is 28.9 Å². The number of hydrogen-bond acceptors (Lipinski definition) is 3. The maximum atomic E-state index is 14.0. The van der Waals surface area contributed by atoms with Crippen LogP contribution in [-0.2, 0) is 4.79 Å². The average Bonchev–Trinajstić information content (AvgIpc) is 3.58. The summed E-state index contributed by atoms with van der Waals surface area (Å²) >= 11 is 5.78. The lowest BCUT2D eigenvalue weighted by Gasteiger charge is -2.28. The first kappa shape index (κ1) is 24.4. The summed E-state index contributed by atoms with van der Waals surface area (Å²) in [7, 11) is 0. The minimum atomic E-state index is -0.448. The quantitative estimate of drug-likeness (QED) is 0.400. The van der Waals surface area contributed by atoms with E-state index in [1.165, 1.54) is 48.7 Å². The molecule has 1 saturated carbocycles. The van der Waals surface area contributed by atoms with E-state index >= 15 is 0 Å². The van der Waals surface area contributed by atoms with Gasteiger partial charge in [-0.15, -0.1) is 0 Å². The van der Waals surface area contributed by atoms with E-state index in [-0.39, 0.29) is 30.1 Å². The second-order valence-corrected chi connectivity index (χ2v) is 10.1. The van der Waals surface area contributed by atoms with E-state index < -0.39 is 5.82 Å². The van der Waals surface area contributed by atoms with E-state index in [4.69, 9.17) is 12.2 Å². The zero-order valence-electron chi connectivity index (χ0n) is 20.7. The maximum Gasteiger partial charge on any atom is 0.226 e. The van der Waals surface area contributed by atoms with Gasteiger partial charge in [-0.25, -0.2) is 4.39 Å². The Bertz CT molecular complexity index is 1250. The summed E-state index contributed by atoms with van der Waals surface area (Å²) in [6.45, 7) is 4.78. The van der Waals surface area contributed by atoms with Gasteiger partial charge in [0.2, 0.25) is 5.91 Å². The lowest BCUT2D eigenvalue weighted by atomic mass is 9.96. The average molecular weight is 506 g/mol. The van der Waals surface area contributed by atoms with Crippen molar-refractivity contribution in [3.05, 3.63) is 83.2 Å². The van der Waals surface area contributed by atoms with Crippen LogP contribution in [0.1, 0.15) is 72.9 Å². The number of aryl methyl sites for hydroxylation is 1. The molecule has 2 atom stereocenters. The number of hydrogen-bond donors (Lipinski definition) is 2. The highest BCUT2D eigenvalue weighted by molar-refractivity contribution is 7.80. The molecule has 0 unspecified atom stereocenters. The zero-order valence-corrected chi connectivity index (χ0v) is 21.5. The minimum absolute atomic E-state index is 0.102. The highest BCUT2D eigenvalue weighted by Gasteiger charge is 2.41. The maximum absolute atomic E-state index is 14.0. The molecule has 3 heterocycles. The largest absolute Gasteiger partial charge is 0.352 e. The van der Waals surface area contributed by atoms with Gasteiger partial charge in [-0.3, -0.25) is 9.78 Å². The fraction of sp³-hybridized carbons (Fsp3) is 0.393. The number of carbonyl (C=O) groups is 1. The fourth-order valence-electron chi connectivity index (χ4n) is 5.81. The molecule has 8 heteroatoms. The first-order valence-corrected chi connectivity index (χ1v) is 13.1. The molecule has 1 aliphatic heterocycles. The second-order valence-electron chi connectivity index (χ2n) is 9.73. The van der Waals surface area contributed by atoms with E-state index in [9.17, 15) is 9.18 Å². The molecule has 1 saturated heterocycles. The summed E-state index contributed by atoms with van der Waals surface area (Å²) in [5.41, 5.74) is 4.81. The zero-order chi connectivity index (χ0) is 25.2. The van der Waals surface area contributed by atoms with Gasteiger partial charge in [0, 0.05) is 36.6 Å². The number of nitrogens with zero attached hydrogens (tertiary/aromatic N) is 3. The molecule has 2 fully saturated rings. The summed E-state index contributed by atoms with van der Waals surface area (Å²) in [5, 5.41) is 6.76. The summed E-state index contributed by atoms with van der Waals surface area (Å²) < 4.78 is 16.5. The molecule has 3 aromatic rings. The molecule has 1 aromatic carbocycles. The molecule has 1 amide bonds. The molecular formula is C28H32FN5OS. The van der Waals surface area contributed by atoms with E-state index in [2.05, 4.69) is 45.0 Å². The van der Waals surface area contributed by atoms with Gasteiger partial charge < -0.3 is 20.1 Å². The molecule has 2 aliphatic rings. The van der Waals surface area contributed by atoms with Gasteiger partial charge >= 0.3 is 0 Å². The van der Waals surface area contributed by atoms with Crippen LogP contribution in [0.3, 0.4) is 0 Å². The highest BCUT2D eigenvalue weighted by atomic mass is 32.1. The number of aromatic nitrogens is 2. The van der Waals surface area contributed by atoms with Crippen molar-refractivity contribution in [1.29, 1.82) is 0 Å². The molecule has 0 spiro atoms. The number of amides is 1. The van der Waals surface area contributed by atoms with E-state index in [1.807, 2.05) is 18.2 Å². The van der Waals surface area contributed by atoms with Crippen molar-refractivity contribution in [3.8, 4) is 0 Å². The summed E-state index contributed by atoms with van der Waals surface area (Å²) in [6, 6.07) is 14.7. The number of nitrogens with one attached hydrogen (secondary N) is 2. The Kier molecular flexibility index (Phi) is 7.05. The molecule has 2 N–H and O–H groups in total. The Morgan fingerprint density at radius 2 is 1.92 bits per heavy atom. The lowest BCUT2D eigenvalue weighted by molar-refractivity contribution is -0.116. The first-order valence-electron chi connectivity index (χ1n) is 12.6. The molecule has 0 bridgehead atoms. The van der Waals surface area contributed by atoms with Crippen LogP contribution in [0, 0.1) is 19.7 Å². The summed E-state index contributed by atoms with van der Waals surface area (Å²) in [6.07, 6.45) is 6.94. The number of halogens is 1. The van der Waals surface area contributed by atoms with Crippen LogP contribution in [-0.4, -0.2) is 32.0 Å². The van der Waals surface area contributed by atoms with E-state index in [1.54, 1.807) is 24.4 Å². The van der Waals surface area contributed by atoms with Gasteiger partial charge in [-0.1, -0.05) is 31.0 Å². The van der Waals surface area contributed by atoms with Gasteiger partial charge in [0.05, 0.1) is 23.5 Å². The number of rotatable bonds is 7. The van der Waals surface area contributed by atoms with Gasteiger partial charge in [0.1, 0.15) is 5.82 Å². The minimum Gasteiger partial charge on any atom is -0.352 e. The van der Waals surface area contributed by atoms with E-state index in [0.29, 0.717) is 17.7 Å². The molecule has 188 valence electrons. The molecule has 5 rings (SSSR count). The summed E-state index contributed by atoms with van der Waals surface area (Å²) in [4.78, 5) is 19.5. The third-order valence-electron chi connectivity index (χ3n) is 7.46. The van der Waals surface area contributed by atoms with Crippen LogP contribution in [0.5, 0.6) is 0 Å². The van der Waals surface area contributed by atoms with Crippen molar-refractivity contribution < 1.29 is 9.18 Å². The van der Waals surface area contributed by atoms with Crippen molar-refractivity contribution in [2.24, 2.45) is 0 Å². The van der Waals surface area contributed by atoms with Crippen LogP contribution in [0.15, 0.2) is 54.7 Å². The SMILES string of the molecule is Cc1cc([C@@H]2[C@H](c3ccccn3)NC(=S)N2CCC(=O)Nc2ccccc2F)c(C)n1C1CCCC1. The smallest absolute Gasteiger partial charge is 0.226 e. The predicted octanol–water partition coefficient (Wildman–Crippen LogP) is 5.76. The fourth-order valence-corrected chi connectivity index (χ4v) is 6.14. The van der Waals surface area contributed by atoms with Gasteiger partial charge in [-0.05, 0) is 74.8 Å². The first-order chi connectivity index (χ1) is 17.4. The van der Waals surface area contributed by atoms with Crippen LogP contribution in [0.25, 0.3) is 0 Å². The Morgan fingerprint density at radius 3 is 2.64 bits per heavy atom. The van der Waals surface area contributed by atoms with Crippen molar-refractivity contribution in [2.75, 3.05) is 11.9 Å². The van der Waals surface area contributed by atoms with Gasteiger partial charge in [0.15, 0.2) is 5.11 Å². The van der Waals surface area contributed by atoms with E-state index in [0.717, 1.165) is 5.69 Å². The standard InChI is InChI=1S/C28H32FN5OS/c1-18-17-21(19(2)34(18)20-9-3-4-10-20)27-26(24-13-7-8-15-30-24)32-28(36)33(27)16-14-25(35)31-23-12-6-5-11-22(23)29/h5-8,11-13,15,17,20,26-27H,3-4,9-10,14,16H2,1-2H3,(H,31,35)(H,32,36)/t26-,27+/m0/s1.